The fourth-order valence-corrected chi connectivity index (χ4v) is 0. The van der Waals surface area contributed by atoms with Crippen LogP contribution in [0, 0.1) is 0 Å². The fraction of sp³-hybridized carbons (Fsp3) is 0. The summed E-state index contributed by atoms with van der Waals surface area (Å²) in [5, 5.41) is 0. The van der Waals surface area contributed by atoms with Gasteiger partial charge in [-0.25, -0.2) is 0 Å². The summed E-state index contributed by atoms with van der Waals surface area (Å²) in [4.78, 5) is 0. The van der Waals surface area contributed by atoms with Crippen molar-refractivity contribution in [3.05, 3.63) is 0 Å². The van der Waals surface area contributed by atoms with Crippen molar-refractivity contribution >= 4 is 17.4 Å². The molecule has 0 aliphatic rings. The minimum Gasteiger partial charge on any atom is 0 e. The smallest absolute Gasteiger partial charge is 0 e. The maximum atomic E-state index is 1.94. The second kappa shape index (κ2) is 16.3. The van der Waals surface area contributed by atoms with Crippen molar-refractivity contribution in [3.8, 4) is 0 Å². The van der Waals surface area contributed by atoms with Gasteiger partial charge in [-0.05, 0) is 0 Å². The van der Waals surface area contributed by atoms with Crippen LogP contribution in [0.3, 0.4) is 0 Å². The Hall–Kier alpha value is 3.27. The van der Waals surface area contributed by atoms with Gasteiger partial charge in [-0.1, -0.05) is 0 Å². The van der Waals surface area contributed by atoms with E-state index in [2.05, 4.69) is 0 Å². The minimum absolute atomic E-state index is 0. The van der Waals surface area contributed by atoms with E-state index in [1.54, 1.807) is 0 Å². The van der Waals surface area contributed by atoms with Gasteiger partial charge in [-0.3, -0.25) is 0 Å². The van der Waals surface area contributed by atoms with E-state index in [9.17, 15) is 0 Å². The SMILES string of the molecule is [Cd].[TeH][Hg].[Zn]. The molecule has 4 heteroatoms. The van der Waals surface area contributed by atoms with Gasteiger partial charge in [0.1, 0.15) is 0 Å². The van der Waals surface area contributed by atoms with Crippen LogP contribution in [0.1, 0.15) is 0 Å². The molecule has 13 valence electrons. The predicted octanol–water partition coefficient (Wildman–Crippen LogP) is -0.656. The molecule has 0 nitrogen and oxygen atoms in total. The van der Waals surface area contributed by atoms with Crippen molar-refractivity contribution in [1.82, 2.24) is 0 Å². The molecule has 0 rings (SSSR count). The third-order valence-electron chi connectivity index (χ3n) is 0. The second-order valence-electron chi connectivity index (χ2n) is 0. The molecule has 0 amide bonds. The standard InChI is InChI=1S/Cd.Hg.H2Te.Zn/h;;1H2;/q;+1;;/p-1. The third kappa shape index (κ3) is 8.99. The molecule has 0 saturated carbocycles. The van der Waals surface area contributed by atoms with E-state index >= 15 is 0 Å². The van der Waals surface area contributed by atoms with Crippen molar-refractivity contribution in [3.63, 3.8) is 0 Å². The van der Waals surface area contributed by atoms with Crippen molar-refractivity contribution < 1.29 is 68.7 Å². The van der Waals surface area contributed by atoms with E-state index < -0.39 is 0 Å². The van der Waals surface area contributed by atoms with Crippen LogP contribution in [0.5, 0.6) is 0 Å². The zero-order valence-electron chi connectivity index (χ0n) is 2.57. The van der Waals surface area contributed by atoms with Crippen molar-refractivity contribution in [2.45, 2.75) is 0 Å². The number of hydrogen-bond acceptors (Lipinski definition) is 0. The maximum Gasteiger partial charge on any atom is 0 e. The van der Waals surface area contributed by atoms with Gasteiger partial charge in [0.2, 0.25) is 0 Å². The van der Waals surface area contributed by atoms with E-state index in [1.165, 1.54) is 0 Å². The molecule has 0 aliphatic carbocycles. The summed E-state index contributed by atoms with van der Waals surface area (Å²) in [5.41, 5.74) is 0. The van der Waals surface area contributed by atoms with Gasteiger partial charge in [-0.15, -0.1) is 0 Å². The first-order chi connectivity index (χ1) is 1.00. The Labute approximate surface area is 84.0 Å². The van der Waals surface area contributed by atoms with Gasteiger partial charge in [-0.2, -0.15) is 0 Å². The average Bonchev–Trinajstić information content (AvgIpc) is 1.00. The van der Waals surface area contributed by atoms with E-state index in [-0.39, 0.29) is 46.8 Å². The van der Waals surface area contributed by atoms with E-state index in [0.29, 0.717) is 0 Å². The summed E-state index contributed by atoms with van der Waals surface area (Å²) >= 11 is 3.02. The first-order valence-electron chi connectivity index (χ1n) is 0.316. The Bertz CT molecular complexity index is 8.00. The molecule has 0 spiro atoms. The molecule has 0 heterocycles. The largest absolute Gasteiger partial charge is 0 e. The van der Waals surface area contributed by atoms with Crippen LogP contribution in [0.15, 0.2) is 0 Å². The fourth-order valence-electron chi connectivity index (χ4n) is 0. The Morgan fingerprint density at radius 2 is 1.25 bits per heavy atom. The first kappa shape index (κ1) is 15.7. The Balaban J connectivity index is -0.00000000500. The summed E-state index contributed by atoms with van der Waals surface area (Å²) in [5.74, 6) is 0. The van der Waals surface area contributed by atoms with Crippen molar-refractivity contribution in [2.24, 2.45) is 0 Å². The molecule has 0 radical (unpaired) electrons. The normalized spacial score (nSPS) is 1.75. The molecular weight excluding hydrogens is 506 g/mol. The Kier molecular flexibility index (Phi) is 63.8. The quantitative estimate of drug-likeness (QED) is 0.383. The van der Waals surface area contributed by atoms with Crippen LogP contribution in [-0.4, -0.2) is 17.4 Å². The average molecular weight is 507 g/mol. The molecule has 0 N–H and O–H groups in total. The zero-order chi connectivity index (χ0) is 2.00. The van der Waals surface area contributed by atoms with Crippen LogP contribution >= 0.6 is 0 Å². The molecule has 0 aromatic rings. The third-order valence-corrected chi connectivity index (χ3v) is 0. The minimum atomic E-state index is 0. The molecule has 0 aromatic carbocycles. The molecule has 0 aromatic heterocycles. The van der Waals surface area contributed by atoms with E-state index in [4.69, 9.17) is 0 Å². The molecular formula is HCdHgTeZn. The summed E-state index contributed by atoms with van der Waals surface area (Å²) in [6.07, 6.45) is 0. The van der Waals surface area contributed by atoms with Gasteiger partial charge < -0.3 is 0 Å². The van der Waals surface area contributed by atoms with Gasteiger partial charge in [0, 0.05) is 46.8 Å². The van der Waals surface area contributed by atoms with Crippen LogP contribution in [0.4, 0.5) is 0 Å². The first-order valence-corrected chi connectivity index (χ1v) is 18.6. The van der Waals surface area contributed by atoms with Crippen LogP contribution in [0.25, 0.3) is 0 Å². The number of rotatable bonds is 0. The predicted molar refractivity (Wildman–Crippen MR) is 7.15 cm³/mol. The summed E-state index contributed by atoms with van der Waals surface area (Å²) in [6.45, 7) is 0. The summed E-state index contributed by atoms with van der Waals surface area (Å²) in [7, 11) is 0. The maximum absolute atomic E-state index is 1.94. The van der Waals surface area contributed by atoms with Gasteiger partial charge >= 0.3 is 39.3 Å². The van der Waals surface area contributed by atoms with E-state index in [1.807, 2.05) is 17.4 Å². The molecule has 0 unspecified atom stereocenters. The molecule has 0 atom stereocenters. The Morgan fingerprint density at radius 3 is 1.25 bits per heavy atom. The zero-order valence-corrected chi connectivity index (χ0v) is 17.6. The number of hydrogen-bond donors (Lipinski definition) is 0. The molecule has 0 fully saturated rings. The van der Waals surface area contributed by atoms with Crippen LogP contribution in [0.2, 0.25) is 0 Å². The van der Waals surface area contributed by atoms with Crippen LogP contribution in [-0.2, 0) is 68.7 Å². The van der Waals surface area contributed by atoms with E-state index in [0.717, 1.165) is 21.9 Å². The monoisotopic (exact) mass is 511 g/mol. The van der Waals surface area contributed by atoms with Gasteiger partial charge in [0.05, 0.1) is 0 Å². The van der Waals surface area contributed by atoms with Crippen molar-refractivity contribution in [2.75, 3.05) is 0 Å². The summed E-state index contributed by atoms with van der Waals surface area (Å²) in [6, 6.07) is 0. The molecule has 0 bridgehead atoms. The van der Waals surface area contributed by atoms with Gasteiger partial charge in [0.15, 0.2) is 0 Å². The topological polar surface area (TPSA) is 0 Å². The van der Waals surface area contributed by atoms with Crippen LogP contribution < -0.4 is 0 Å². The summed E-state index contributed by atoms with van der Waals surface area (Å²) < 4.78 is 0. The van der Waals surface area contributed by atoms with Gasteiger partial charge in [0.25, 0.3) is 0 Å². The Morgan fingerprint density at radius 1 is 1.25 bits per heavy atom. The molecule has 0 saturated heterocycles. The molecule has 4 heavy (non-hydrogen) atoms. The second-order valence-corrected chi connectivity index (χ2v) is 0. The molecule has 0 aliphatic heterocycles. The van der Waals surface area contributed by atoms with Crippen molar-refractivity contribution in [1.29, 1.82) is 0 Å².